The highest BCUT2D eigenvalue weighted by Gasteiger charge is 2.41. The first-order valence-corrected chi connectivity index (χ1v) is 11.2. The van der Waals surface area contributed by atoms with Crippen molar-refractivity contribution in [3.8, 4) is 5.75 Å². The van der Waals surface area contributed by atoms with E-state index in [9.17, 15) is 9.90 Å². The van der Waals surface area contributed by atoms with Gasteiger partial charge in [0.2, 0.25) is 0 Å². The van der Waals surface area contributed by atoms with Gasteiger partial charge in [0, 0.05) is 22.9 Å². The SMILES string of the molecule is CC1(C)c2cc(OC[C@H](O)CN3CCCCC3)ccc2C(=O)c2c1oc1ccccc21. The number of piperidine rings is 1. The highest BCUT2D eigenvalue weighted by molar-refractivity contribution is 6.19. The summed E-state index contributed by atoms with van der Waals surface area (Å²) in [6.45, 7) is 7.12. The van der Waals surface area contributed by atoms with Crippen LogP contribution in [-0.4, -0.2) is 48.1 Å². The average molecular weight is 420 g/mol. The number of hydrogen-bond acceptors (Lipinski definition) is 5. The van der Waals surface area contributed by atoms with Crippen LogP contribution >= 0.6 is 0 Å². The van der Waals surface area contributed by atoms with Crippen LogP contribution in [0.4, 0.5) is 0 Å². The second-order valence-corrected chi connectivity index (χ2v) is 9.29. The van der Waals surface area contributed by atoms with Gasteiger partial charge in [-0.15, -0.1) is 0 Å². The number of nitrogens with zero attached hydrogens (tertiary/aromatic N) is 1. The van der Waals surface area contributed by atoms with E-state index in [1.165, 1.54) is 19.3 Å². The Labute approximate surface area is 182 Å². The maximum absolute atomic E-state index is 13.3. The molecule has 5 heteroatoms. The highest BCUT2D eigenvalue weighted by atomic mass is 16.5. The number of ketones is 1. The van der Waals surface area contributed by atoms with Crippen molar-refractivity contribution in [2.75, 3.05) is 26.2 Å². The molecule has 31 heavy (non-hydrogen) atoms. The molecule has 3 aromatic rings. The smallest absolute Gasteiger partial charge is 0.197 e. The van der Waals surface area contributed by atoms with Gasteiger partial charge < -0.3 is 19.2 Å². The molecule has 1 fully saturated rings. The molecule has 0 amide bonds. The number of benzene rings is 2. The molecule has 5 nitrogen and oxygen atoms in total. The molecule has 1 N–H and O–H groups in total. The molecular weight excluding hydrogens is 390 g/mol. The standard InChI is InChI=1S/C26H29NO4/c1-26(2)21-14-18(30-16-17(28)15-27-12-6-3-7-13-27)10-11-19(21)24(29)23-20-8-4-5-9-22(20)31-25(23)26/h4-5,8-11,14,17,28H,3,6-7,12-13,15-16H2,1-2H3/t17-/m1/s1. The van der Waals surface area contributed by atoms with E-state index in [4.69, 9.17) is 9.15 Å². The minimum absolute atomic E-state index is 0.00837. The molecule has 0 unspecified atom stereocenters. The third kappa shape index (κ3) is 3.56. The summed E-state index contributed by atoms with van der Waals surface area (Å²) in [6, 6.07) is 13.3. The summed E-state index contributed by atoms with van der Waals surface area (Å²) in [5.74, 6) is 1.36. The maximum Gasteiger partial charge on any atom is 0.197 e. The number of fused-ring (bicyclic) bond motifs is 4. The molecule has 1 aromatic heterocycles. The van der Waals surface area contributed by atoms with Crippen LogP contribution in [0.25, 0.3) is 11.0 Å². The van der Waals surface area contributed by atoms with Crippen molar-refractivity contribution in [1.82, 2.24) is 4.90 Å². The number of carbonyl (C=O) groups excluding carboxylic acids is 1. The third-order valence-corrected chi connectivity index (χ3v) is 6.66. The normalized spacial score (nSPS) is 19.1. The molecule has 2 aromatic carbocycles. The predicted molar refractivity (Wildman–Crippen MR) is 120 cm³/mol. The van der Waals surface area contributed by atoms with Gasteiger partial charge in [-0.25, -0.2) is 0 Å². The number of likely N-dealkylation sites (tertiary alicyclic amines) is 1. The second kappa shape index (κ2) is 7.81. The van der Waals surface area contributed by atoms with Crippen molar-refractivity contribution >= 4 is 16.8 Å². The van der Waals surface area contributed by atoms with E-state index in [0.29, 0.717) is 29.2 Å². The number of β-amino-alcohol motifs (C(OH)–C–C–N with tert-alkyl or cyclic N) is 1. The van der Waals surface area contributed by atoms with Crippen LogP contribution in [0.3, 0.4) is 0 Å². The molecule has 0 spiro atoms. The summed E-state index contributed by atoms with van der Waals surface area (Å²) < 4.78 is 12.1. The first kappa shape index (κ1) is 20.3. The van der Waals surface area contributed by atoms with Gasteiger partial charge in [-0.05, 0) is 69.6 Å². The fourth-order valence-electron chi connectivity index (χ4n) is 4.98. The van der Waals surface area contributed by atoms with E-state index < -0.39 is 11.5 Å². The van der Waals surface area contributed by atoms with Crippen molar-refractivity contribution in [2.45, 2.75) is 44.6 Å². The Morgan fingerprint density at radius 3 is 2.71 bits per heavy atom. The summed E-state index contributed by atoms with van der Waals surface area (Å²) >= 11 is 0. The number of ether oxygens (including phenoxy) is 1. The number of aliphatic hydroxyl groups is 1. The Balaban J connectivity index is 1.38. The van der Waals surface area contributed by atoms with Gasteiger partial charge >= 0.3 is 0 Å². The maximum atomic E-state index is 13.3. The Bertz CT molecular complexity index is 1120. The first-order chi connectivity index (χ1) is 14.9. The molecule has 0 radical (unpaired) electrons. The molecule has 2 aliphatic rings. The lowest BCUT2D eigenvalue weighted by Crippen LogP contribution is -2.38. The number of furan rings is 1. The van der Waals surface area contributed by atoms with E-state index in [1.807, 2.05) is 42.5 Å². The van der Waals surface area contributed by atoms with E-state index in [2.05, 4.69) is 18.7 Å². The zero-order chi connectivity index (χ0) is 21.6. The van der Waals surface area contributed by atoms with Crippen molar-refractivity contribution < 1.29 is 19.1 Å². The number of aliphatic hydroxyl groups excluding tert-OH is 1. The van der Waals surface area contributed by atoms with E-state index >= 15 is 0 Å². The third-order valence-electron chi connectivity index (χ3n) is 6.66. The van der Waals surface area contributed by atoms with Crippen molar-refractivity contribution in [3.63, 3.8) is 0 Å². The van der Waals surface area contributed by atoms with Gasteiger partial charge in [0.1, 0.15) is 29.8 Å². The fraction of sp³-hybridized carbons (Fsp3) is 0.423. The molecule has 1 saturated heterocycles. The lowest BCUT2D eigenvalue weighted by atomic mass is 9.72. The molecule has 0 bridgehead atoms. The van der Waals surface area contributed by atoms with Gasteiger partial charge in [-0.1, -0.05) is 24.6 Å². The van der Waals surface area contributed by atoms with Crippen LogP contribution in [-0.2, 0) is 5.41 Å². The Hall–Kier alpha value is -2.63. The van der Waals surface area contributed by atoms with Gasteiger partial charge in [0.25, 0.3) is 0 Å². The Kier molecular flexibility index (Phi) is 5.11. The minimum Gasteiger partial charge on any atom is -0.491 e. The molecule has 1 atom stereocenters. The van der Waals surface area contributed by atoms with E-state index in [1.54, 1.807) is 0 Å². The Morgan fingerprint density at radius 2 is 1.90 bits per heavy atom. The predicted octanol–water partition coefficient (Wildman–Crippen LogP) is 4.53. The molecule has 162 valence electrons. The van der Waals surface area contributed by atoms with Crippen LogP contribution < -0.4 is 4.74 Å². The van der Waals surface area contributed by atoms with Crippen LogP contribution in [0, 0.1) is 0 Å². The minimum atomic E-state index is -0.536. The number of carbonyl (C=O) groups is 1. The van der Waals surface area contributed by atoms with E-state index in [-0.39, 0.29) is 12.4 Å². The van der Waals surface area contributed by atoms with Crippen molar-refractivity contribution in [1.29, 1.82) is 0 Å². The molecule has 1 aliphatic carbocycles. The lowest BCUT2D eigenvalue weighted by Gasteiger charge is -2.31. The molecule has 5 rings (SSSR count). The number of para-hydroxylation sites is 1. The molecule has 0 saturated carbocycles. The topological polar surface area (TPSA) is 62.9 Å². The van der Waals surface area contributed by atoms with Gasteiger partial charge in [-0.3, -0.25) is 4.79 Å². The Morgan fingerprint density at radius 1 is 1.13 bits per heavy atom. The summed E-state index contributed by atoms with van der Waals surface area (Å²) in [5.41, 5.74) is 2.51. The van der Waals surface area contributed by atoms with Crippen LogP contribution in [0.5, 0.6) is 5.75 Å². The summed E-state index contributed by atoms with van der Waals surface area (Å²) in [7, 11) is 0. The molecule has 1 aliphatic heterocycles. The number of rotatable bonds is 5. The van der Waals surface area contributed by atoms with Crippen LogP contribution in [0.1, 0.15) is 60.4 Å². The molecule has 2 heterocycles. The molecular formula is C26H29NO4. The second-order valence-electron chi connectivity index (χ2n) is 9.29. The van der Waals surface area contributed by atoms with Gasteiger partial charge in [-0.2, -0.15) is 0 Å². The summed E-state index contributed by atoms with van der Waals surface area (Å²) in [6.07, 6.45) is 3.14. The average Bonchev–Trinajstić information content (AvgIpc) is 3.18. The van der Waals surface area contributed by atoms with Crippen LogP contribution in [0.2, 0.25) is 0 Å². The zero-order valence-corrected chi connectivity index (χ0v) is 18.2. The first-order valence-electron chi connectivity index (χ1n) is 11.2. The van der Waals surface area contributed by atoms with Crippen LogP contribution in [0.15, 0.2) is 46.9 Å². The highest BCUT2D eigenvalue weighted by Crippen LogP contribution is 2.46. The fourth-order valence-corrected chi connectivity index (χ4v) is 4.98. The largest absolute Gasteiger partial charge is 0.491 e. The number of hydrogen-bond donors (Lipinski definition) is 1. The van der Waals surface area contributed by atoms with Crippen molar-refractivity contribution in [3.05, 3.63) is 64.9 Å². The quantitative estimate of drug-likeness (QED) is 0.658. The monoisotopic (exact) mass is 419 g/mol. The zero-order valence-electron chi connectivity index (χ0n) is 18.2. The summed E-state index contributed by atoms with van der Waals surface area (Å²) in [5, 5.41) is 11.3. The lowest BCUT2D eigenvalue weighted by molar-refractivity contribution is 0.0616. The van der Waals surface area contributed by atoms with Gasteiger partial charge in [0.15, 0.2) is 5.78 Å². The van der Waals surface area contributed by atoms with Crippen molar-refractivity contribution in [2.24, 2.45) is 0 Å². The van der Waals surface area contributed by atoms with Gasteiger partial charge in [0.05, 0.1) is 5.56 Å². The van der Waals surface area contributed by atoms with E-state index in [0.717, 1.165) is 29.6 Å². The summed E-state index contributed by atoms with van der Waals surface area (Å²) in [4.78, 5) is 15.6.